The lowest BCUT2D eigenvalue weighted by Gasteiger charge is -2.32. The molecule has 0 aromatic heterocycles. The Labute approximate surface area is 219 Å². The summed E-state index contributed by atoms with van der Waals surface area (Å²) in [6, 6.07) is 16.4. The van der Waals surface area contributed by atoms with Crippen LogP contribution in [-0.4, -0.2) is 44.8 Å². The number of para-hydroxylation sites is 1. The van der Waals surface area contributed by atoms with Crippen molar-refractivity contribution in [2.24, 2.45) is 0 Å². The van der Waals surface area contributed by atoms with E-state index in [-0.39, 0.29) is 27.2 Å². The number of sulfonamides is 1. The predicted octanol–water partition coefficient (Wildman–Crippen LogP) is 4.49. The first kappa shape index (κ1) is 27.4. The molecule has 0 fully saturated rings. The van der Waals surface area contributed by atoms with Gasteiger partial charge in [-0.1, -0.05) is 59.6 Å². The monoisotopic (exact) mass is 551 g/mol. The average Bonchev–Trinajstić information content (AvgIpc) is 2.87. The Morgan fingerprint density at radius 1 is 0.944 bits per heavy atom. The molecule has 0 spiro atoms. The molecule has 0 saturated heterocycles. The summed E-state index contributed by atoms with van der Waals surface area (Å²) in [5.41, 5.74) is 0.0753. The highest BCUT2D eigenvalue weighted by Gasteiger charge is 2.33. The first-order chi connectivity index (χ1) is 17.1. The molecule has 7 nitrogen and oxygen atoms in total. The Kier molecular flexibility index (Phi) is 8.94. The Bertz CT molecular complexity index is 1340. The molecule has 0 aliphatic carbocycles. The van der Waals surface area contributed by atoms with Crippen LogP contribution in [0.5, 0.6) is 0 Å². The van der Waals surface area contributed by atoms with Gasteiger partial charge in [0, 0.05) is 29.2 Å². The van der Waals surface area contributed by atoms with E-state index in [0.29, 0.717) is 9.87 Å². The molecule has 0 aliphatic rings. The second kappa shape index (κ2) is 11.7. The molecule has 0 aliphatic heterocycles. The minimum Gasteiger partial charge on any atom is -0.357 e. The third-order valence-electron chi connectivity index (χ3n) is 5.54. The van der Waals surface area contributed by atoms with Gasteiger partial charge in [-0.25, -0.2) is 12.8 Å². The molecule has 0 saturated carbocycles. The molecule has 0 radical (unpaired) electrons. The lowest BCUT2D eigenvalue weighted by Crippen LogP contribution is -2.51. The summed E-state index contributed by atoms with van der Waals surface area (Å²) in [6.45, 7) is 0.532. The summed E-state index contributed by atoms with van der Waals surface area (Å²) in [5.74, 6) is -2.08. The van der Waals surface area contributed by atoms with Crippen LogP contribution in [0, 0.1) is 5.82 Å². The van der Waals surface area contributed by atoms with Gasteiger partial charge in [0.2, 0.25) is 11.8 Å². The van der Waals surface area contributed by atoms with Crippen molar-refractivity contribution in [2.75, 3.05) is 17.9 Å². The molecule has 190 valence electrons. The number of carbonyl (C=O) groups is 2. The van der Waals surface area contributed by atoms with Crippen molar-refractivity contribution in [2.45, 2.75) is 24.4 Å². The van der Waals surface area contributed by atoms with Gasteiger partial charge in [-0.05, 0) is 43.3 Å². The zero-order chi connectivity index (χ0) is 26.5. The number of halogens is 3. The zero-order valence-electron chi connectivity index (χ0n) is 19.5. The fraction of sp³-hybridized carbons (Fsp3) is 0.200. The molecule has 3 rings (SSSR count). The van der Waals surface area contributed by atoms with E-state index in [1.54, 1.807) is 24.3 Å². The van der Waals surface area contributed by atoms with E-state index in [9.17, 15) is 22.4 Å². The molecule has 3 aromatic carbocycles. The van der Waals surface area contributed by atoms with Gasteiger partial charge in [0.05, 0.1) is 10.6 Å². The Balaban J connectivity index is 2.07. The number of nitrogens with zero attached hydrogens (tertiary/aromatic N) is 2. The number of rotatable bonds is 9. The molecule has 36 heavy (non-hydrogen) atoms. The molecule has 3 aromatic rings. The summed E-state index contributed by atoms with van der Waals surface area (Å²) in [6.07, 6.45) is 0. The van der Waals surface area contributed by atoms with Gasteiger partial charge in [-0.15, -0.1) is 0 Å². The van der Waals surface area contributed by atoms with Gasteiger partial charge >= 0.3 is 0 Å². The fourth-order valence-corrected chi connectivity index (χ4v) is 5.49. The highest BCUT2D eigenvalue weighted by atomic mass is 35.5. The Morgan fingerprint density at radius 3 is 2.11 bits per heavy atom. The van der Waals surface area contributed by atoms with Crippen LogP contribution in [0.25, 0.3) is 0 Å². The largest absolute Gasteiger partial charge is 0.357 e. The number of anilines is 1. The smallest absolute Gasteiger partial charge is 0.264 e. The maximum absolute atomic E-state index is 14.8. The van der Waals surface area contributed by atoms with Crippen LogP contribution < -0.4 is 9.62 Å². The molecule has 0 bridgehead atoms. The van der Waals surface area contributed by atoms with Crippen molar-refractivity contribution in [1.29, 1.82) is 0 Å². The maximum atomic E-state index is 14.8. The highest BCUT2D eigenvalue weighted by Crippen LogP contribution is 2.29. The van der Waals surface area contributed by atoms with E-state index in [1.165, 1.54) is 56.4 Å². The highest BCUT2D eigenvalue weighted by molar-refractivity contribution is 7.92. The molecule has 11 heteroatoms. The second-order valence-electron chi connectivity index (χ2n) is 7.79. The standard InChI is InChI=1S/C25H24Cl2FN3O4S/c1-17(25(33)29-2)30(15-19-20(26)11-8-12-21(19)27)24(32)16-31(23-14-7-6-13-22(23)28)36(34,35)18-9-4-3-5-10-18/h3-14,17H,15-16H2,1-2H3,(H,29,33)/t17-/m0/s1. The lowest BCUT2D eigenvalue weighted by atomic mass is 10.1. The molecule has 0 heterocycles. The van der Waals surface area contributed by atoms with Crippen LogP contribution >= 0.6 is 23.2 Å². The number of benzene rings is 3. The van der Waals surface area contributed by atoms with Gasteiger partial charge in [-0.2, -0.15) is 0 Å². The first-order valence-electron chi connectivity index (χ1n) is 10.8. The normalized spacial score (nSPS) is 12.0. The quantitative estimate of drug-likeness (QED) is 0.424. The number of nitrogens with one attached hydrogen (secondary N) is 1. The number of hydrogen-bond acceptors (Lipinski definition) is 4. The van der Waals surface area contributed by atoms with E-state index in [2.05, 4.69) is 5.32 Å². The average molecular weight is 552 g/mol. The summed E-state index contributed by atoms with van der Waals surface area (Å²) in [5, 5.41) is 3.02. The zero-order valence-corrected chi connectivity index (χ0v) is 21.8. The van der Waals surface area contributed by atoms with E-state index in [1.807, 2.05) is 0 Å². The van der Waals surface area contributed by atoms with Gasteiger partial charge in [0.1, 0.15) is 18.4 Å². The van der Waals surface area contributed by atoms with Gasteiger partial charge < -0.3 is 10.2 Å². The predicted molar refractivity (Wildman–Crippen MR) is 138 cm³/mol. The first-order valence-corrected chi connectivity index (χ1v) is 13.0. The van der Waals surface area contributed by atoms with Gasteiger partial charge in [-0.3, -0.25) is 13.9 Å². The van der Waals surface area contributed by atoms with E-state index >= 15 is 0 Å². The number of likely N-dealkylation sites (N-methyl/N-ethyl adjacent to an activating group) is 1. The van der Waals surface area contributed by atoms with Crippen molar-refractivity contribution in [1.82, 2.24) is 10.2 Å². The van der Waals surface area contributed by atoms with Gasteiger partial charge in [0.15, 0.2) is 0 Å². The van der Waals surface area contributed by atoms with Crippen molar-refractivity contribution in [3.05, 3.63) is 94.2 Å². The topological polar surface area (TPSA) is 86.8 Å². The van der Waals surface area contributed by atoms with Crippen LogP contribution in [0.1, 0.15) is 12.5 Å². The van der Waals surface area contributed by atoms with Crippen molar-refractivity contribution in [3.63, 3.8) is 0 Å². The molecule has 0 unspecified atom stereocenters. The Morgan fingerprint density at radius 2 is 1.53 bits per heavy atom. The minimum absolute atomic E-state index is 0.124. The van der Waals surface area contributed by atoms with Crippen LogP contribution in [-0.2, 0) is 26.2 Å². The summed E-state index contributed by atoms with van der Waals surface area (Å²) < 4.78 is 42.6. The van der Waals surface area contributed by atoms with Crippen LogP contribution in [0.2, 0.25) is 10.0 Å². The lowest BCUT2D eigenvalue weighted by molar-refractivity contribution is -0.139. The minimum atomic E-state index is -4.35. The molecule has 1 atom stereocenters. The number of amides is 2. The van der Waals surface area contributed by atoms with Gasteiger partial charge in [0.25, 0.3) is 10.0 Å². The summed E-state index contributed by atoms with van der Waals surface area (Å²) in [7, 11) is -2.94. The van der Waals surface area contributed by atoms with Crippen LogP contribution in [0.3, 0.4) is 0 Å². The molecular weight excluding hydrogens is 528 g/mol. The molecule has 1 N–H and O–H groups in total. The second-order valence-corrected chi connectivity index (χ2v) is 10.5. The third kappa shape index (κ3) is 5.98. The van der Waals surface area contributed by atoms with Crippen LogP contribution in [0.15, 0.2) is 77.7 Å². The van der Waals surface area contributed by atoms with E-state index in [4.69, 9.17) is 23.2 Å². The van der Waals surface area contributed by atoms with Crippen molar-refractivity contribution >= 4 is 50.7 Å². The SMILES string of the molecule is CNC(=O)[C@H](C)N(Cc1c(Cl)cccc1Cl)C(=O)CN(c1ccccc1F)S(=O)(=O)c1ccccc1. The van der Waals surface area contributed by atoms with Crippen molar-refractivity contribution < 1.29 is 22.4 Å². The van der Waals surface area contributed by atoms with E-state index < -0.39 is 40.2 Å². The fourth-order valence-electron chi connectivity index (χ4n) is 3.53. The number of hydrogen-bond donors (Lipinski definition) is 1. The van der Waals surface area contributed by atoms with Crippen molar-refractivity contribution in [3.8, 4) is 0 Å². The van der Waals surface area contributed by atoms with Crippen LogP contribution in [0.4, 0.5) is 10.1 Å². The number of carbonyl (C=O) groups excluding carboxylic acids is 2. The molecular formula is C25H24Cl2FN3O4S. The summed E-state index contributed by atoms with van der Waals surface area (Å²) >= 11 is 12.6. The maximum Gasteiger partial charge on any atom is 0.264 e. The van der Waals surface area contributed by atoms with E-state index in [0.717, 1.165) is 11.0 Å². The Hall–Kier alpha value is -3.14. The third-order valence-corrected chi connectivity index (χ3v) is 8.02. The molecule has 2 amide bonds. The summed E-state index contributed by atoms with van der Waals surface area (Å²) in [4.78, 5) is 27.1.